The minimum absolute atomic E-state index is 0.172. The van der Waals surface area contributed by atoms with E-state index in [2.05, 4.69) is 10.3 Å². The number of hydrogen-bond donors (Lipinski definition) is 1. The molecule has 0 aliphatic rings. The molecule has 0 amide bonds. The molecule has 1 N–H and O–H groups in total. The summed E-state index contributed by atoms with van der Waals surface area (Å²) in [5.74, 6) is 0.315. The van der Waals surface area contributed by atoms with E-state index in [0.29, 0.717) is 5.82 Å². The van der Waals surface area contributed by atoms with Crippen LogP contribution in [0.2, 0.25) is 5.15 Å². The van der Waals surface area contributed by atoms with E-state index in [1.165, 1.54) is 12.1 Å². The van der Waals surface area contributed by atoms with Gasteiger partial charge in [0.1, 0.15) is 11.0 Å². The first kappa shape index (κ1) is 14.2. The average Bonchev–Trinajstić information content (AvgIpc) is 2.37. The monoisotopic (exact) mass is 297 g/mol. The zero-order valence-corrected chi connectivity index (χ0v) is 10.6. The van der Waals surface area contributed by atoms with Crippen LogP contribution in [0.1, 0.15) is 11.1 Å². The fraction of sp³-hybridized carbons (Fsp3) is 0.0769. The summed E-state index contributed by atoms with van der Waals surface area (Å²) in [6, 6.07) is 9.59. The van der Waals surface area contributed by atoms with Gasteiger partial charge in [0.05, 0.1) is 17.2 Å². The fourth-order valence-electron chi connectivity index (χ4n) is 1.58. The molecule has 0 aliphatic carbocycles. The molecule has 1 heterocycles. The third-order valence-corrected chi connectivity index (χ3v) is 2.64. The van der Waals surface area contributed by atoms with E-state index < -0.39 is 17.3 Å². The highest BCUT2D eigenvalue weighted by molar-refractivity contribution is 6.29. The van der Waals surface area contributed by atoms with E-state index >= 15 is 0 Å². The van der Waals surface area contributed by atoms with Gasteiger partial charge in [0.15, 0.2) is 0 Å². The quantitative estimate of drug-likeness (QED) is 0.837. The summed E-state index contributed by atoms with van der Waals surface area (Å²) in [6.45, 7) is 0. The molecule has 0 unspecified atom stereocenters. The van der Waals surface area contributed by atoms with E-state index in [-0.39, 0.29) is 10.8 Å². The molecule has 0 saturated heterocycles. The number of alkyl halides is 3. The van der Waals surface area contributed by atoms with Crippen LogP contribution >= 0.6 is 11.6 Å². The normalized spacial score (nSPS) is 10.9. The van der Waals surface area contributed by atoms with E-state index in [1.54, 1.807) is 18.2 Å². The van der Waals surface area contributed by atoms with Crippen LogP contribution < -0.4 is 5.32 Å². The van der Waals surface area contributed by atoms with Crippen molar-refractivity contribution in [2.45, 2.75) is 6.18 Å². The second-order valence-corrected chi connectivity index (χ2v) is 4.23. The first-order chi connectivity index (χ1) is 9.40. The minimum atomic E-state index is -4.59. The van der Waals surface area contributed by atoms with Gasteiger partial charge in [-0.25, -0.2) is 4.98 Å². The summed E-state index contributed by atoms with van der Waals surface area (Å²) in [5.41, 5.74) is -1.25. The van der Waals surface area contributed by atoms with Crippen LogP contribution in [0.25, 0.3) is 0 Å². The van der Waals surface area contributed by atoms with Crippen LogP contribution in [0.4, 0.5) is 24.7 Å². The Hall–Kier alpha value is -2.26. The van der Waals surface area contributed by atoms with Gasteiger partial charge in [-0.2, -0.15) is 18.4 Å². The summed E-state index contributed by atoms with van der Waals surface area (Å²) in [7, 11) is 0. The predicted molar refractivity (Wildman–Crippen MR) is 68.7 cm³/mol. The molecule has 0 radical (unpaired) electrons. The number of halogens is 4. The van der Waals surface area contributed by atoms with Crippen molar-refractivity contribution >= 4 is 23.1 Å². The van der Waals surface area contributed by atoms with Crippen molar-refractivity contribution in [2.24, 2.45) is 0 Å². The maximum Gasteiger partial charge on any atom is 0.417 e. The molecule has 0 fully saturated rings. The highest BCUT2D eigenvalue weighted by Gasteiger charge is 2.33. The molecule has 0 spiro atoms. The van der Waals surface area contributed by atoms with Crippen molar-refractivity contribution in [3.8, 4) is 6.07 Å². The van der Waals surface area contributed by atoms with Crippen LogP contribution in [0.15, 0.2) is 36.4 Å². The zero-order chi connectivity index (χ0) is 14.8. The number of aromatic nitrogens is 1. The Morgan fingerprint density at radius 3 is 2.55 bits per heavy atom. The van der Waals surface area contributed by atoms with Gasteiger partial charge in [0, 0.05) is 5.69 Å². The van der Waals surface area contributed by atoms with Crippen LogP contribution in [0, 0.1) is 11.3 Å². The second-order valence-electron chi connectivity index (χ2n) is 3.84. The molecular weight excluding hydrogens is 291 g/mol. The Bertz CT molecular complexity index is 677. The number of nitriles is 1. The molecule has 0 atom stereocenters. The largest absolute Gasteiger partial charge is 0.417 e. The maximum absolute atomic E-state index is 12.8. The summed E-state index contributed by atoms with van der Waals surface area (Å²) >= 11 is 5.69. The van der Waals surface area contributed by atoms with E-state index in [0.717, 1.165) is 12.1 Å². The smallest absolute Gasteiger partial charge is 0.340 e. The standard InChI is InChI=1S/C13H7ClF3N3/c14-11-2-1-3-12(20-11)19-9-5-4-8(7-18)10(6-9)13(15,16)17/h1-6H,(H,19,20). The highest BCUT2D eigenvalue weighted by Crippen LogP contribution is 2.34. The summed E-state index contributed by atoms with van der Waals surface area (Å²) in [4.78, 5) is 3.91. The predicted octanol–water partition coefficient (Wildman–Crippen LogP) is 4.37. The Labute approximate surface area is 117 Å². The molecule has 0 saturated carbocycles. The summed E-state index contributed by atoms with van der Waals surface area (Å²) in [6.07, 6.45) is -4.59. The van der Waals surface area contributed by atoms with Crippen molar-refractivity contribution in [1.29, 1.82) is 5.26 Å². The third kappa shape index (κ3) is 3.19. The van der Waals surface area contributed by atoms with Gasteiger partial charge in [0.25, 0.3) is 0 Å². The van der Waals surface area contributed by atoms with E-state index in [1.807, 2.05) is 0 Å². The van der Waals surface area contributed by atoms with Gasteiger partial charge in [-0.1, -0.05) is 17.7 Å². The van der Waals surface area contributed by atoms with Gasteiger partial charge >= 0.3 is 6.18 Å². The number of hydrogen-bond acceptors (Lipinski definition) is 3. The molecule has 20 heavy (non-hydrogen) atoms. The first-order valence-corrected chi connectivity index (χ1v) is 5.79. The first-order valence-electron chi connectivity index (χ1n) is 5.41. The molecule has 2 aromatic rings. The van der Waals surface area contributed by atoms with Crippen molar-refractivity contribution in [1.82, 2.24) is 4.98 Å². The topological polar surface area (TPSA) is 48.7 Å². The zero-order valence-electron chi connectivity index (χ0n) is 9.87. The number of nitrogens with one attached hydrogen (secondary N) is 1. The van der Waals surface area contributed by atoms with E-state index in [9.17, 15) is 13.2 Å². The fourth-order valence-corrected chi connectivity index (χ4v) is 1.74. The molecule has 3 nitrogen and oxygen atoms in total. The van der Waals surface area contributed by atoms with Crippen LogP contribution in [-0.2, 0) is 6.18 Å². The van der Waals surface area contributed by atoms with Crippen molar-refractivity contribution in [3.05, 3.63) is 52.7 Å². The molecule has 1 aromatic heterocycles. The maximum atomic E-state index is 12.8. The molecule has 7 heteroatoms. The lowest BCUT2D eigenvalue weighted by molar-refractivity contribution is -0.137. The Morgan fingerprint density at radius 1 is 1.20 bits per heavy atom. The van der Waals surface area contributed by atoms with Crippen LogP contribution in [0.5, 0.6) is 0 Å². The minimum Gasteiger partial charge on any atom is -0.340 e. The van der Waals surface area contributed by atoms with Crippen molar-refractivity contribution in [2.75, 3.05) is 5.32 Å². The summed E-state index contributed by atoms with van der Waals surface area (Å²) < 4.78 is 38.4. The second kappa shape index (κ2) is 5.39. The van der Waals surface area contributed by atoms with Crippen molar-refractivity contribution in [3.63, 3.8) is 0 Å². The third-order valence-electron chi connectivity index (χ3n) is 2.43. The lowest BCUT2D eigenvalue weighted by Crippen LogP contribution is -2.08. The number of pyridine rings is 1. The number of rotatable bonds is 2. The number of benzene rings is 1. The lowest BCUT2D eigenvalue weighted by Gasteiger charge is -2.12. The number of nitrogens with zero attached hydrogens (tertiary/aromatic N) is 2. The SMILES string of the molecule is N#Cc1ccc(Nc2cccc(Cl)n2)cc1C(F)(F)F. The highest BCUT2D eigenvalue weighted by atomic mass is 35.5. The molecule has 102 valence electrons. The number of anilines is 2. The van der Waals surface area contributed by atoms with Gasteiger partial charge in [-0.15, -0.1) is 0 Å². The van der Waals surface area contributed by atoms with Crippen LogP contribution in [0.3, 0.4) is 0 Å². The lowest BCUT2D eigenvalue weighted by atomic mass is 10.1. The molecule has 2 rings (SSSR count). The molecule has 0 aliphatic heterocycles. The molecule has 0 bridgehead atoms. The Balaban J connectivity index is 2.37. The van der Waals surface area contributed by atoms with Crippen LogP contribution in [-0.4, -0.2) is 4.98 Å². The summed E-state index contributed by atoms with van der Waals surface area (Å²) in [5, 5.41) is 11.6. The van der Waals surface area contributed by atoms with E-state index in [4.69, 9.17) is 16.9 Å². The Kier molecular flexibility index (Phi) is 3.81. The van der Waals surface area contributed by atoms with Gasteiger partial charge < -0.3 is 5.32 Å². The van der Waals surface area contributed by atoms with Gasteiger partial charge in [0.2, 0.25) is 0 Å². The van der Waals surface area contributed by atoms with Crippen molar-refractivity contribution < 1.29 is 13.2 Å². The molecule has 1 aromatic carbocycles. The van der Waals surface area contributed by atoms with Gasteiger partial charge in [-0.3, -0.25) is 0 Å². The Morgan fingerprint density at radius 2 is 1.95 bits per heavy atom. The average molecular weight is 298 g/mol. The van der Waals surface area contributed by atoms with Gasteiger partial charge in [-0.05, 0) is 30.3 Å². The molecular formula is C13H7ClF3N3.